The molecule has 2 atom stereocenters. The summed E-state index contributed by atoms with van der Waals surface area (Å²) in [5, 5.41) is 12.2. The van der Waals surface area contributed by atoms with E-state index in [4.69, 9.17) is 12.2 Å². The van der Waals surface area contributed by atoms with Crippen LogP contribution in [0.25, 0.3) is 0 Å². The van der Waals surface area contributed by atoms with E-state index in [0.29, 0.717) is 5.11 Å². The predicted octanol–water partition coefficient (Wildman–Crippen LogP) is 3.89. The maximum atomic E-state index is 5.83. The molecule has 1 fully saturated rings. The number of nitrogens with one attached hydrogen (secondary N) is 1. The van der Waals surface area contributed by atoms with Crippen LogP contribution < -0.4 is 10.2 Å². The van der Waals surface area contributed by atoms with E-state index in [1.165, 1.54) is 11.1 Å². The van der Waals surface area contributed by atoms with Gasteiger partial charge >= 0.3 is 0 Å². The molecule has 1 aliphatic heterocycles. The number of aromatic nitrogens is 5. The Morgan fingerprint density at radius 3 is 2.39 bits per heavy atom. The van der Waals surface area contributed by atoms with E-state index in [1.807, 2.05) is 29.1 Å². The van der Waals surface area contributed by atoms with E-state index in [-0.39, 0.29) is 12.1 Å². The van der Waals surface area contributed by atoms with Crippen molar-refractivity contribution < 1.29 is 0 Å². The van der Waals surface area contributed by atoms with Gasteiger partial charge in [-0.2, -0.15) is 0 Å². The van der Waals surface area contributed by atoms with Gasteiger partial charge in [0.05, 0.1) is 17.8 Å². The number of thiocarbonyl (C=S) groups is 1. The van der Waals surface area contributed by atoms with E-state index in [9.17, 15) is 0 Å². The summed E-state index contributed by atoms with van der Waals surface area (Å²) in [6.07, 6.45) is 5.23. The molecule has 7 nitrogen and oxygen atoms in total. The van der Waals surface area contributed by atoms with Crippen LogP contribution in [0.5, 0.6) is 0 Å². The van der Waals surface area contributed by atoms with Crippen molar-refractivity contribution >= 4 is 23.0 Å². The third-order valence-electron chi connectivity index (χ3n) is 5.80. The highest BCUT2D eigenvalue weighted by molar-refractivity contribution is 7.80. The van der Waals surface area contributed by atoms with Crippen LogP contribution >= 0.6 is 12.2 Å². The molecule has 1 aliphatic rings. The lowest BCUT2D eigenvalue weighted by molar-refractivity contribution is 0.557. The van der Waals surface area contributed by atoms with Gasteiger partial charge in [0, 0.05) is 28.8 Å². The minimum absolute atomic E-state index is 0.0541. The van der Waals surface area contributed by atoms with Crippen molar-refractivity contribution in [3.8, 4) is 0 Å². The first kappa shape index (κ1) is 19.4. The lowest BCUT2D eigenvalue weighted by Gasteiger charge is -2.28. The van der Waals surface area contributed by atoms with Crippen molar-refractivity contribution in [2.75, 3.05) is 4.90 Å². The maximum absolute atomic E-state index is 5.83. The molecule has 0 amide bonds. The molecule has 4 aromatic rings. The molecule has 8 heteroatoms. The molecule has 0 bridgehead atoms. The quantitative estimate of drug-likeness (QED) is 0.497. The third-order valence-corrected chi connectivity index (χ3v) is 6.11. The molecule has 1 saturated heterocycles. The molecule has 0 unspecified atom stereocenters. The molecule has 4 heterocycles. The van der Waals surface area contributed by atoms with Crippen LogP contribution in [0.1, 0.15) is 40.3 Å². The Morgan fingerprint density at radius 2 is 1.71 bits per heavy atom. The van der Waals surface area contributed by atoms with Gasteiger partial charge in [-0.25, -0.2) is 4.68 Å². The first-order valence-electron chi connectivity index (χ1n) is 10.2. The average Bonchev–Trinajstić information content (AvgIpc) is 3.47. The number of aryl methyl sites for hydroxylation is 2. The number of nitrogens with zero attached hydrogens (tertiary/aromatic N) is 6. The summed E-state index contributed by atoms with van der Waals surface area (Å²) in [6.45, 7) is 6.29. The topological polar surface area (TPSA) is 63.8 Å². The zero-order valence-electron chi connectivity index (χ0n) is 17.6. The summed E-state index contributed by atoms with van der Waals surface area (Å²) in [6, 6.07) is 16.5. The Kier molecular flexibility index (Phi) is 4.78. The highest BCUT2D eigenvalue weighted by Gasteiger charge is 2.42. The summed E-state index contributed by atoms with van der Waals surface area (Å²) in [5.41, 5.74) is 6.60. The Hall–Kier alpha value is -3.52. The molecule has 31 heavy (non-hydrogen) atoms. The summed E-state index contributed by atoms with van der Waals surface area (Å²) in [5.74, 6) is 0. The van der Waals surface area contributed by atoms with Crippen LogP contribution in [0.15, 0.2) is 67.4 Å². The number of hydrogen-bond donors (Lipinski definition) is 1. The molecule has 1 N–H and O–H groups in total. The standard InChI is InChI=1S/C23H23N7S/c1-15-7-9-18(10-8-15)29-22(21(27-23(29)31)20-6-4-5-11-24-20)19-12-16(2)30(17(19)3)28-13-25-26-14-28/h4-14,21-22H,1-3H3,(H,27,31)/t21-,22-/m1/s1. The van der Waals surface area contributed by atoms with Gasteiger partial charge in [0.2, 0.25) is 0 Å². The smallest absolute Gasteiger partial charge is 0.174 e. The van der Waals surface area contributed by atoms with Crippen molar-refractivity contribution in [1.29, 1.82) is 0 Å². The van der Waals surface area contributed by atoms with Gasteiger partial charge in [0.15, 0.2) is 5.11 Å². The largest absolute Gasteiger partial charge is 0.351 e. The number of hydrogen-bond acceptors (Lipinski definition) is 4. The van der Waals surface area contributed by atoms with Crippen LogP contribution in [0, 0.1) is 20.8 Å². The number of rotatable bonds is 4. The first-order chi connectivity index (χ1) is 15.0. The summed E-state index contributed by atoms with van der Waals surface area (Å²) in [7, 11) is 0. The second-order valence-electron chi connectivity index (χ2n) is 7.81. The highest BCUT2D eigenvalue weighted by Crippen LogP contribution is 2.43. The van der Waals surface area contributed by atoms with Gasteiger partial charge < -0.3 is 10.2 Å². The van der Waals surface area contributed by atoms with Gasteiger partial charge in [-0.05, 0) is 63.3 Å². The minimum Gasteiger partial charge on any atom is -0.351 e. The minimum atomic E-state index is -0.0788. The highest BCUT2D eigenvalue weighted by atomic mass is 32.1. The van der Waals surface area contributed by atoms with Gasteiger partial charge in [0.25, 0.3) is 0 Å². The first-order valence-corrected chi connectivity index (χ1v) is 10.6. The molecule has 0 radical (unpaired) electrons. The van der Waals surface area contributed by atoms with E-state index in [2.05, 4.69) is 81.2 Å². The zero-order valence-corrected chi connectivity index (χ0v) is 18.4. The van der Waals surface area contributed by atoms with Crippen LogP contribution in [0.2, 0.25) is 0 Å². The van der Waals surface area contributed by atoms with Gasteiger partial charge in [-0.3, -0.25) is 9.66 Å². The van der Waals surface area contributed by atoms with E-state index >= 15 is 0 Å². The Morgan fingerprint density at radius 1 is 0.968 bits per heavy atom. The number of anilines is 1. The molecule has 3 aromatic heterocycles. The molecular formula is C23H23N7S. The van der Waals surface area contributed by atoms with Crippen LogP contribution in [-0.4, -0.2) is 29.6 Å². The lowest BCUT2D eigenvalue weighted by Crippen LogP contribution is -2.29. The second kappa shape index (κ2) is 7.63. The Labute approximate surface area is 186 Å². The summed E-state index contributed by atoms with van der Waals surface area (Å²) < 4.78 is 4.00. The number of benzene rings is 1. The molecule has 156 valence electrons. The Balaban J connectivity index is 1.68. The fourth-order valence-corrected chi connectivity index (χ4v) is 4.73. The molecule has 0 spiro atoms. The fraction of sp³-hybridized carbons (Fsp3) is 0.217. The number of pyridine rings is 1. The summed E-state index contributed by atoms with van der Waals surface area (Å²) >= 11 is 5.83. The summed E-state index contributed by atoms with van der Waals surface area (Å²) in [4.78, 5) is 6.84. The van der Waals surface area contributed by atoms with Crippen molar-refractivity contribution in [3.63, 3.8) is 0 Å². The van der Waals surface area contributed by atoms with Crippen molar-refractivity contribution in [3.05, 3.63) is 95.6 Å². The van der Waals surface area contributed by atoms with Crippen molar-refractivity contribution in [2.45, 2.75) is 32.9 Å². The normalized spacial score (nSPS) is 18.4. The molecule has 1 aromatic carbocycles. The van der Waals surface area contributed by atoms with E-state index < -0.39 is 0 Å². The monoisotopic (exact) mass is 429 g/mol. The van der Waals surface area contributed by atoms with Crippen molar-refractivity contribution in [2.24, 2.45) is 0 Å². The lowest BCUT2D eigenvalue weighted by atomic mass is 9.96. The SMILES string of the molecule is Cc1ccc(N2C(=S)N[C@H](c3ccccn3)[C@H]2c2cc(C)n(-n3cnnc3)c2C)cc1. The third kappa shape index (κ3) is 3.29. The van der Waals surface area contributed by atoms with Gasteiger partial charge in [-0.15, -0.1) is 10.2 Å². The van der Waals surface area contributed by atoms with Gasteiger partial charge in [-0.1, -0.05) is 23.8 Å². The van der Waals surface area contributed by atoms with E-state index in [1.54, 1.807) is 12.7 Å². The van der Waals surface area contributed by atoms with Crippen molar-refractivity contribution in [1.82, 2.24) is 29.9 Å². The Bertz CT molecular complexity index is 1210. The predicted molar refractivity (Wildman–Crippen MR) is 124 cm³/mol. The second-order valence-corrected chi connectivity index (χ2v) is 8.20. The fourth-order valence-electron chi connectivity index (χ4n) is 4.39. The zero-order chi connectivity index (χ0) is 21.5. The molecule has 0 aliphatic carbocycles. The molecule has 0 saturated carbocycles. The van der Waals surface area contributed by atoms with Gasteiger partial charge in [0.1, 0.15) is 12.7 Å². The van der Waals surface area contributed by atoms with Crippen LogP contribution in [0.3, 0.4) is 0 Å². The van der Waals surface area contributed by atoms with E-state index in [0.717, 1.165) is 22.8 Å². The van der Waals surface area contributed by atoms with Crippen LogP contribution in [0.4, 0.5) is 5.69 Å². The molecular weight excluding hydrogens is 406 g/mol. The van der Waals surface area contributed by atoms with Crippen LogP contribution in [-0.2, 0) is 0 Å². The molecule has 5 rings (SSSR count). The maximum Gasteiger partial charge on any atom is 0.174 e. The average molecular weight is 430 g/mol.